The molecule has 0 amide bonds. The van der Waals surface area contributed by atoms with E-state index in [-0.39, 0.29) is 10.9 Å². The topological polar surface area (TPSA) is 84.6 Å². The Hall–Kier alpha value is -2.24. The lowest BCUT2D eigenvalue weighted by molar-refractivity contribution is -0.0506. The van der Waals surface area contributed by atoms with Crippen molar-refractivity contribution in [1.82, 2.24) is 9.21 Å². The van der Waals surface area contributed by atoms with Gasteiger partial charge in [-0.25, -0.2) is 8.42 Å². The normalized spacial score (nSPS) is 20.1. The third kappa shape index (κ3) is 4.04. The molecule has 0 spiro atoms. The average molecular weight is 385 g/mol. The Labute approximate surface area is 160 Å². The predicted molar refractivity (Wildman–Crippen MR) is 102 cm³/mol. The molecule has 3 rings (SSSR count). The first kappa shape index (κ1) is 19.5. The molecule has 0 aliphatic carbocycles. The number of benzene rings is 2. The van der Waals surface area contributed by atoms with Crippen molar-refractivity contribution in [1.29, 1.82) is 5.26 Å². The van der Waals surface area contributed by atoms with Crippen molar-refractivity contribution in [3.05, 3.63) is 65.7 Å². The zero-order valence-electron chi connectivity index (χ0n) is 15.2. The highest BCUT2D eigenvalue weighted by Crippen LogP contribution is 2.27. The highest BCUT2D eigenvalue weighted by atomic mass is 32.2. The van der Waals surface area contributed by atoms with Crippen LogP contribution in [0.2, 0.25) is 0 Å². The van der Waals surface area contributed by atoms with E-state index in [0.29, 0.717) is 25.2 Å². The van der Waals surface area contributed by atoms with Gasteiger partial charge in [0, 0.05) is 25.7 Å². The number of aliphatic hydroxyl groups excluding tert-OH is 1. The van der Waals surface area contributed by atoms with Crippen LogP contribution < -0.4 is 0 Å². The second kappa shape index (κ2) is 8.19. The number of piperazine rings is 1. The van der Waals surface area contributed by atoms with E-state index in [0.717, 1.165) is 12.0 Å². The highest BCUT2D eigenvalue weighted by Gasteiger charge is 2.36. The standard InChI is InChI=1S/C20H23N3O3S/c1-2-18-15-22(27(25,26)19-10-8-16(14-21)9-11-19)12-13-23(18)20(24)17-6-4-3-5-7-17/h3-11,18,20,24H,2,12-13,15H2,1H3. The van der Waals surface area contributed by atoms with Gasteiger partial charge in [0.1, 0.15) is 6.23 Å². The number of rotatable bonds is 5. The van der Waals surface area contributed by atoms with Crippen LogP contribution in [0.25, 0.3) is 0 Å². The van der Waals surface area contributed by atoms with E-state index >= 15 is 0 Å². The first-order valence-corrected chi connectivity index (χ1v) is 10.4. The first-order valence-electron chi connectivity index (χ1n) is 8.96. The zero-order chi connectivity index (χ0) is 19.4. The SMILES string of the molecule is CCC1CN(S(=O)(=O)c2ccc(C#N)cc2)CCN1C(O)c1ccccc1. The van der Waals surface area contributed by atoms with Crippen LogP contribution in [0.5, 0.6) is 0 Å². The number of hydrogen-bond acceptors (Lipinski definition) is 5. The summed E-state index contributed by atoms with van der Waals surface area (Å²) in [4.78, 5) is 2.15. The van der Waals surface area contributed by atoms with Crippen molar-refractivity contribution in [2.45, 2.75) is 30.5 Å². The van der Waals surface area contributed by atoms with E-state index in [1.54, 1.807) is 0 Å². The van der Waals surface area contributed by atoms with E-state index < -0.39 is 16.3 Å². The van der Waals surface area contributed by atoms with Gasteiger partial charge in [0.2, 0.25) is 10.0 Å². The maximum atomic E-state index is 13.0. The maximum Gasteiger partial charge on any atom is 0.243 e. The molecule has 0 bridgehead atoms. The van der Waals surface area contributed by atoms with E-state index in [4.69, 9.17) is 5.26 Å². The van der Waals surface area contributed by atoms with E-state index in [1.807, 2.05) is 48.2 Å². The molecule has 0 radical (unpaired) electrons. The van der Waals surface area contributed by atoms with Crippen LogP contribution in [-0.4, -0.2) is 48.4 Å². The fourth-order valence-corrected chi connectivity index (χ4v) is 4.88. The van der Waals surface area contributed by atoms with Gasteiger partial charge < -0.3 is 5.11 Å². The Balaban J connectivity index is 1.78. The molecule has 2 aromatic carbocycles. The summed E-state index contributed by atoms with van der Waals surface area (Å²) in [7, 11) is -3.63. The Kier molecular flexibility index (Phi) is 5.92. The van der Waals surface area contributed by atoms with Crippen molar-refractivity contribution in [3.8, 4) is 6.07 Å². The summed E-state index contributed by atoms with van der Waals surface area (Å²) in [6.07, 6.45) is -0.0283. The van der Waals surface area contributed by atoms with Gasteiger partial charge in [-0.3, -0.25) is 4.90 Å². The second-order valence-electron chi connectivity index (χ2n) is 6.58. The molecule has 2 aromatic rings. The lowest BCUT2D eigenvalue weighted by atomic mass is 10.1. The van der Waals surface area contributed by atoms with Gasteiger partial charge >= 0.3 is 0 Å². The first-order chi connectivity index (χ1) is 13.0. The van der Waals surface area contributed by atoms with Gasteiger partial charge in [0.25, 0.3) is 0 Å². The van der Waals surface area contributed by atoms with Gasteiger partial charge in [-0.1, -0.05) is 37.3 Å². The molecular weight excluding hydrogens is 362 g/mol. The summed E-state index contributed by atoms with van der Waals surface area (Å²) in [6.45, 7) is 3.07. The molecule has 0 aromatic heterocycles. The largest absolute Gasteiger partial charge is 0.374 e. The van der Waals surface area contributed by atoms with Gasteiger partial charge in [-0.2, -0.15) is 9.57 Å². The minimum Gasteiger partial charge on any atom is -0.374 e. The van der Waals surface area contributed by atoms with Gasteiger partial charge in [0.15, 0.2) is 0 Å². The maximum absolute atomic E-state index is 13.0. The van der Waals surface area contributed by atoms with Crippen molar-refractivity contribution >= 4 is 10.0 Å². The third-order valence-electron chi connectivity index (χ3n) is 5.00. The smallest absolute Gasteiger partial charge is 0.243 e. The molecule has 1 saturated heterocycles. The number of nitrogens with zero attached hydrogens (tertiary/aromatic N) is 3. The van der Waals surface area contributed by atoms with Crippen molar-refractivity contribution in [3.63, 3.8) is 0 Å². The van der Waals surface area contributed by atoms with Crippen molar-refractivity contribution in [2.75, 3.05) is 19.6 Å². The number of hydrogen-bond donors (Lipinski definition) is 1. The number of sulfonamides is 1. The molecule has 2 atom stereocenters. The summed E-state index contributed by atoms with van der Waals surface area (Å²) in [6, 6.07) is 17.3. The summed E-state index contributed by atoms with van der Waals surface area (Å²) >= 11 is 0. The Bertz CT molecular complexity index is 908. The van der Waals surface area contributed by atoms with Crippen LogP contribution >= 0.6 is 0 Å². The molecule has 0 saturated carbocycles. The van der Waals surface area contributed by atoms with Crippen LogP contribution in [0, 0.1) is 11.3 Å². The molecule has 142 valence electrons. The second-order valence-corrected chi connectivity index (χ2v) is 8.52. The van der Waals surface area contributed by atoms with Crippen LogP contribution in [-0.2, 0) is 10.0 Å². The van der Waals surface area contributed by atoms with E-state index in [1.165, 1.54) is 28.6 Å². The molecule has 1 heterocycles. The molecule has 27 heavy (non-hydrogen) atoms. The Morgan fingerprint density at radius 2 is 1.81 bits per heavy atom. The van der Waals surface area contributed by atoms with Gasteiger partial charge in [-0.15, -0.1) is 0 Å². The van der Waals surface area contributed by atoms with Crippen LogP contribution in [0.1, 0.15) is 30.7 Å². The molecular formula is C20H23N3O3S. The molecule has 6 nitrogen and oxygen atoms in total. The molecule has 1 fully saturated rings. The molecule has 1 aliphatic rings. The van der Waals surface area contributed by atoms with Crippen LogP contribution in [0.4, 0.5) is 0 Å². The fraction of sp³-hybridized carbons (Fsp3) is 0.350. The van der Waals surface area contributed by atoms with E-state index in [2.05, 4.69) is 0 Å². The zero-order valence-corrected chi connectivity index (χ0v) is 16.0. The molecule has 7 heteroatoms. The van der Waals surface area contributed by atoms with Crippen molar-refractivity contribution in [2.24, 2.45) is 0 Å². The Morgan fingerprint density at radius 1 is 1.15 bits per heavy atom. The molecule has 1 aliphatic heterocycles. The molecule has 1 N–H and O–H groups in total. The quantitative estimate of drug-likeness (QED) is 0.854. The number of nitriles is 1. The summed E-state index contributed by atoms with van der Waals surface area (Å²) in [5.41, 5.74) is 1.23. The highest BCUT2D eigenvalue weighted by molar-refractivity contribution is 7.89. The van der Waals surface area contributed by atoms with Gasteiger partial charge in [-0.05, 0) is 36.2 Å². The monoisotopic (exact) mass is 385 g/mol. The lowest BCUT2D eigenvalue weighted by Crippen LogP contribution is -2.55. The summed E-state index contributed by atoms with van der Waals surface area (Å²) in [5, 5.41) is 19.6. The average Bonchev–Trinajstić information content (AvgIpc) is 2.73. The third-order valence-corrected chi connectivity index (χ3v) is 6.87. The summed E-state index contributed by atoms with van der Waals surface area (Å²) in [5.74, 6) is 0. The fourth-order valence-electron chi connectivity index (χ4n) is 3.41. The number of aliphatic hydroxyl groups is 1. The van der Waals surface area contributed by atoms with Gasteiger partial charge in [0.05, 0.1) is 16.5 Å². The summed E-state index contributed by atoms with van der Waals surface area (Å²) < 4.78 is 27.4. The lowest BCUT2D eigenvalue weighted by Gasteiger charge is -2.42. The van der Waals surface area contributed by atoms with Crippen LogP contribution in [0.15, 0.2) is 59.5 Å². The van der Waals surface area contributed by atoms with Crippen molar-refractivity contribution < 1.29 is 13.5 Å². The van der Waals surface area contributed by atoms with Crippen LogP contribution in [0.3, 0.4) is 0 Å². The minimum absolute atomic E-state index is 0.0814. The predicted octanol–water partition coefficient (Wildman–Crippen LogP) is 2.33. The minimum atomic E-state index is -3.63. The van der Waals surface area contributed by atoms with E-state index in [9.17, 15) is 13.5 Å². The Morgan fingerprint density at radius 3 is 2.41 bits per heavy atom. The molecule has 2 unspecified atom stereocenters.